The molecule has 0 fully saturated rings. The van der Waals surface area contributed by atoms with Gasteiger partial charge in [0.05, 0.1) is 16.6 Å². The summed E-state index contributed by atoms with van der Waals surface area (Å²) >= 11 is 0. The van der Waals surface area contributed by atoms with Gasteiger partial charge in [-0.25, -0.2) is 0 Å². The zero-order chi connectivity index (χ0) is 23.1. The molecule has 0 saturated heterocycles. The van der Waals surface area contributed by atoms with Gasteiger partial charge in [0.2, 0.25) is 0 Å². The highest BCUT2D eigenvalue weighted by atomic mass is 16.1. The summed E-state index contributed by atoms with van der Waals surface area (Å²) in [5.41, 5.74) is 5.16. The molecule has 0 saturated carbocycles. The van der Waals surface area contributed by atoms with E-state index in [1.807, 2.05) is 36.4 Å². The molecule has 2 N–H and O–H groups in total. The predicted molar refractivity (Wildman–Crippen MR) is 140 cm³/mol. The van der Waals surface area contributed by atoms with Gasteiger partial charge in [0.25, 0.3) is 0 Å². The summed E-state index contributed by atoms with van der Waals surface area (Å²) in [6.07, 6.45) is 2.91. The number of aromatic nitrogens is 2. The third kappa shape index (κ3) is 3.48. The number of anilines is 1. The summed E-state index contributed by atoms with van der Waals surface area (Å²) in [5, 5.41) is 2.58. The van der Waals surface area contributed by atoms with Crippen LogP contribution < -0.4 is 15.8 Å². The lowest BCUT2D eigenvalue weighted by atomic mass is 10.0. The maximum Gasteiger partial charge on any atom is 0.197 e. The lowest BCUT2D eigenvalue weighted by molar-refractivity contribution is 0.745. The number of nitrogens with zero attached hydrogens (tertiary/aromatic N) is 1. The van der Waals surface area contributed by atoms with Crippen LogP contribution in [0, 0.1) is 0 Å². The summed E-state index contributed by atoms with van der Waals surface area (Å²) in [5.74, 6) is 0. The zero-order valence-electron chi connectivity index (χ0n) is 19.4. The molecule has 0 bridgehead atoms. The van der Waals surface area contributed by atoms with E-state index in [1.54, 1.807) is 0 Å². The molecular weight excluding hydrogens is 410 g/mol. The van der Waals surface area contributed by atoms with Gasteiger partial charge in [-0.15, -0.1) is 0 Å². The minimum absolute atomic E-state index is 0.00981. The van der Waals surface area contributed by atoms with E-state index in [0.29, 0.717) is 27.2 Å². The molecular formula is C28H29N3O2. The van der Waals surface area contributed by atoms with E-state index in [2.05, 4.69) is 47.8 Å². The smallest absolute Gasteiger partial charge is 0.197 e. The van der Waals surface area contributed by atoms with Crippen LogP contribution in [0.2, 0.25) is 0 Å². The molecule has 0 aliphatic heterocycles. The van der Waals surface area contributed by atoms with Crippen LogP contribution in [0.5, 0.6) is 0 Å². The number of rotatable bonds is 6. The zero-order valence-corrected chi connectivity index (χ0v) is 19.4. The Morgan fingerprint density at radius 3 is 2.00 bits per heavy atom. The molecule has 0 unspecified atom stereocenters. The third-order valence-electron chi connectivity index (χ3n) is 6.52. The van der Waals surface area contributed by atoms with Crippen LogP contribution in [0.3, 0.4) is 0 Å². The summed E-state index contributed by atoms with van der Waals surface area (Å²) < 4.78 is 0. The number of fused-ring (bicyclic) bond motifs is 4. The van der Waals surface area contributed by atoms with Gasteiger partial charge in [0.15, 0.2) is 10.9 Å². The van der Waals surface area contributed by atoms with Crippen molar-refractivity contribution in [1.82, 2.24) is 9.97 Å². The van der Waals surface area contributed by atoms with Gasteiger partial charge in [-0.1, -0.05) is 32.9 Å². The normalized spacial score (nSPS) is 11.7. The maximum absolute atomic E-state index is 13.7. The van der Waals surface area contributed by atoms with Crippen LogP contribution >= 0.6 is 0 Å². The number of benzene rings is 3. The SMILES string of the molecule is CCCN(CCC)c1cc(CC)c2c(=O)c3cc4[nH]c5ccccc5c(=O)c4cc3[nH]c2c1. The van der Waals surface area contributed by atoms with Crippen molar-refractivity contribution in [3.63, 3.8) is 0 Å². The molecule has 0 radical (unpaired) electrons. The number of hydrogen-bond acceptors (Lipinski definition) is 3. The fourth-order valence-corrected chi connectivity index (χ4v) is 4.97. The van der Waals surface area contributed by atoms with E-state index in [9.17, 15) is 9.59 Å². The molecule has 0 spiro atoms. The lowest BCUT2D eigenvalue weighted by Crippen LogP contribution is -2.25. The second kappa shape index (κ2) is 8.39. The Morgan fingerprint density at radius 2 is 1.33 bits per heavy atom. The topological polar surface area (TPSA) is 69.0 Å². The Morgan fingerprint density at radius 1 is 0.697 bits per heavy atom. The second-order valence-corrected chi connectivity index (χ2v) is 8.77. The minimum Gasteiger partial charge on any atom is -0.371 e. The fourth-order valence-electron chi connectivity index (χ4n) is 4.97. The van der Waals surface area contributed by atoms with E-state index < -0.39 is 0 Å². The van der Waals surface area contributed by atoms with Crippen LogP contribution in [0.4, 0.5) is 5.69 Å². The molecule has 3 aromatic carbocycles. The molecule has 168 valence electrons. The van der Waals surface area contributed by atoms with Crippen molar-refractivity contribution in [3.05, 3.63) is 74.5 Å². The second-order valence-electron chi connectivity index (χ2n) is 8.77. The third-order valence-corrected chi connectivity index (χ3v) is 6.52. The van der Waals surface area contributed by atoms with Gasteiger partial charge in [0.1, 0.15) is 0 Å². The van der Waals surface area contributed by atoms with Gasteiger partial charge < -0.3 is 14.9 Å². The molecule has 0 atom stereocenters. The minimum atomic E-state index is -0.0257. The number of hydrogen-bond donors (Lipinski definition) is 2. The average molecular weight is 440 g/mol. The standard InChI is InChI=1S/C28H29N3O2/c1-4-11-31(12-5-2)18-13-17(6-3)26-25(14-18)30-24-15-20-23(16-21(24)28(26)33)29-22-10-8-7-9-19(22)27(20)32/h7-10,13-16H,4-6,11-12H2,1-3H3,(H,29,32)(H,30,33). The van der Waals surface area contributed by atoms with E-state index in [-0.39, 0.29) is 10.9 Å². The predicted octanol–water partition coefficient (Wildman–Crippen LogP) is 5.86. The molecule has 2 aromatic heterocycles. The van der Waals surface area contributed by atoms with Crippen LogP contribution in [0.15, 0.2) is 58.1 Å². The van der Waals surface area contributed by atoms with Crippen molar-refractivity contribution < 1.29 is 0 Å². The summed E-state index contributed by atoms with van der Waals surface area (Å²) in [4.78, 5) is 36.0. The first kappa shape index (κ1) is 21.3. The molecule has 5 aromatic rings. The van der Waals surface area contributed by atoms with Crippen molar-refractivity contribution in [2.45, 2.75) is 40.0 Å². The first-order valence-corrected chi connectivity index (χ1v) is 11.9. The van der Waals surface area contributed by atoms with Gasteiger partial charge in [0, 0.05) is 45.8 Å². The number of para-hydroxylation sites is 1. The fraction of sp³-hybridized carbons (Fsp3) is 0.286. The van der Waals surface area contributed by atoms with E-state index in [0.717, 1.165) is 60.0 Å². The van der Waals surface area contributed by atoms with Gasteiger partial charge >= 0.3 is 0 Å². The number of pyridine rings is 2. The Kier molecular flexibility index (Phi) is 5.41. The monoisotopic (exact) mass is 439 g/mol. The van der Waals surface area contributed by atoms with Crippen LogP contribution in [0.25, 0.3) is 43.6 Å². The number of aromatic amines is 2. The van der Waals surface area contributed by atoms with Crippen LogP contribution in [-0.2, 0) is 6.42 Å². The largest absolute Gasteiger partial charge is 0.371 e. The van der Waals surface area contributed by atoms with Crippen LogP contribution in [-0.4, -0.2) is 23.1 Å². The van der Waals surface area contributed by atoms with Gasteiger partial charge in [-0.05, 0) is 61.2 Å². The van der Waals surface area contributed by atoms with Gasteiger partial charge in [-0.2, -0.15) is 0 Å². The lowest BCUT2D eigenvalue weighted by Gasteiger charge is -2.25. The molecule has 5 rings (SSSR count). The van der Waals surface area contributed by atoms with Gasteiger partial charge in [-0.3, -0.25) is 9.59 Å². The molecule has 33 heavy (non-hydrogen) atoms. The Labute approximate surface area is 192 Å². The van der Waals surface area contributed by atoms with E-state index in [4.69, 9.17) is 0 Å². The summed E-state index contributed by atoms with van der Waals surface area (Å²) in [6, 6.07) is 15.4. The molecule has 5 heteroatoms. The van der Waals surface area contributed by atoms with Crippen molar-refractivity contribution in [2.24, 2.45) is 0 Å². The highest BCUT2D eigenvalue weighted by Gasteiger charge is 2.15. The summed E-state index contributed by atoms with van der Waals surface area (Å²) in [6.45, 7) is 8.43. The van der Waals surface area contributed by atoms with E-state index >= 15 is 0 Å². The quantitative estimate of drug-likeness (QED) is 0.325. The van der Waals surface area contributed by atoms with Crippen molar-refractivity contribution in [2.75, 3.05) is 18.0 Å². The Hall–Kier alpha value is -3.60. The number of nitrogens with one attached hydrogen (secondary N) is 2. The van der Waals surface area contributed by atoms with Crippen molar-refractivity contribution in [3.8, 4) is 0 Å². The number of aryl methyl sites for hydroxylation is 1. The van der Waals surface area contributed by atoms with E-state index in [1.165, 1.54) is 0 Å². The molecule has 0 aliphatic rings. The van der Waals surface area contributed by atoms with Crippen molar-refractivity contribution in [1.29, 1.82) is 0 Å². The molecule has 2 heterocycles. The molecule has 5 nitrogen and oxygen atoms in total. The highest BCUT2D eigenvalue weighted by Crippen LogP contribution is 2.27. The van der Waals surface area contributed by atoms with Crippen LogP contribution in [0.1, 0.15) is 39.2 Å². The Bertz CT molecular complexity index is 1620. The number of H-pyrrole nitrogens is 2. The molecule has 0 aliphatic carbocycles. The maximum atomic E-state index is 13.7. The molecule has 0 amide bonds. The average Bonchev–Trinajstić information content (AvgIpc) is 2.83. The highest BCUT2D eigenvalue weighted by molar-refractivity contribution is 6.03. The first-order chi connectivity index (χ1) is 16.0. The van der Waals surface area contributed by atoms with Crippen molar-refractivity contribution >= 4 is 49.3 Å². The first-order valence-electron chi connectivity index (χ1n) is 11.9. The summed E-state index contributed by atoms with van der Waals surface area (Å²) in [7, 11) is 0. The Balaban J connectivity index is 1.84.